The lowest BCUT2D eigenvalue weighted by Gasteiger charge is -2.27. The number of nitrogens with one attached hydrogen (secondary N) is 1. The predicted octanol–water partition coefficient (Wildman–Crippen LogP) is 5.53. The number of anilines is 1. The Balaban J connectivity index is 1.22. The minimum absolute atomic E-state index is 0.158. The van der Waals surface area contributed by atoms with E-state index >= 15 is 0 Å². The van der Waals surface area contributed by atoms with E-state index in [1.807, 2.05) is 58.0 Å². The maximum Gasteiger partial charge on any atom is 0.248 e. The summed E-state index contributed by atoms with van der Waals surface area (Å²) in [5, 5.41) is 12.4. The first kappa shape index (κ1) is 30.9. The van der Waals surface area contributed by atoms with Crippen LogP contribution >= 0.6 is 15.9 Å². The van der Waals surface area contributed by atoms with Gasteiger partial charge >= 0.3 is 0 Å². The molecule has 1 saturated heterocycles. The van der Waals surface area contributed by atoms with Crippen molar-refractivity contribution >= 4 is 50.2 Å². The van der Waals surface area contributed by atoms with E-state index in [-0.39, 0.29) is 41.8 Å². The minimum Gasteiger partial charge on any atom is -0.360 e. The average molecular weight is 698 g/mol. The monoisotopic (exact) mass is 696 g/mol. The van der Waals surface area contributed by atoms with Gasteiger partial charge in [-0.1, -0.05) is 31.1 Å². The zero-order valence-corrected chi connectivity index (χ0v) is 28.2. The van der Waals surface area contributed by atoms with E-state index in [4.69, 9.17) is 4.52 Å². The fraction of sp³-hybridized carbons (Fsp3) is 0.353. The maximum atomic E-state index is 14.3. The van der Waals surface area contributed by atoms with E-state index in [1.165, 1.54) is 6.92 Å². The molecule has 3 atom stereocenters. The molecule has 1 aliphatic carbocycles. The Bertz CT molecular complexity index is 2070. The van der Waals surface area contributed by atoms with Gasteiger partial charge < -0.3 is 14.7 Å². The number of carbonyl (C=O) groups is 3. The van der Waals surface area contributed by atoms with Crippen molar-refractivity contribution in [2.45, 2.75) is 77.4 Å². The second-order valence-electron chi connectivity index (χ2n) is 12.8. The number of aryl methyl sites for hydroxylation is 2. The van der Waals surface area contributed by atoms with E-state index in [0.29, 0.717) is 45.8 Å². The van der Waals surface area contributed by atoms with Crippen LogP contribution in [0.2, 0.25) is 0 Å². The van der Waals surface area contributed by atoms with Gasteiger partial charge in [-0.05, 0) is 77.9 Å². The summed E-state index contributed by atoms with van der Waals surface area (Å²) in [5.41, 5.74) is 3.64. The highest BCUT2D eigenvalue weighted by Crippen LogP contribution is 2.61. The molecule has 5 heterocycles. The number of hydrogen-bond acceptors (Lipinski definition) is 9. The molecule has 2 aliphatic rings. The number of nitrogens with zero attached hydrogens (tertiary/aromatic N) is 7. The highest BCUT2D eigenvalue weighted by atomic mass is 79.9. The summed E-state index contributed by atoms with van der Waals surface area (Å²) in [4.78, 5) is 55.6. The van der Waals surface area contributed by atoms with Crippen LogP contribution in [-0.4, -0.2) is 64.5 Å². The third kappa shape index (κ3) is 5.41. The third-order valence-electron chi connectivity index (χ3n) is 9.25. The van der Waals surface area contributed by atoms with Crippen molar-refractivity contribution < 1.29 is 18.9 Å². The summed E-state index contributed by atoms with van der Waals surface area (Å²) in [7, 11) is 0. The molecule has 7 rings (SSSR count). The molecular formula is C34H33BrN8O4. The van der Waals surface area contributed by atoms with Crippen molar-refractivity contribution in [1.82, 2.24) is 34.8 Å². The van der Waals surface area contributed by atoms with Crippen LogP contribution in [0.15, 0.2) is 57.9 Å². The van der Waals surface area contributed by atoms with Gasteiger partial charge in [-0.15, -0.1) is 0 Å². The van der Waals surface area contributed by atoms with Crippen molar-refractivity contribution in [2.24, 2.45) is 0 Å². The molecule has 0 bridgehead atoms. The number of aromatic nitrogens is 6. The molecule has 12 nitrogen and oxygen atoms in total. The van der Waals surface area contributed by atoms with Crippen molar-refractivity contribution in [3.8, 4) is 11.1 Å². The lowest BCUT2D eigenvalue weighted by atomic mass is 9.95. The normalized spacial score (nSPS) is 20.1. The van der Waals surface area contributed by atoms with Crippen LogP contribution in [0, 0.1) is 13.8 Å². The number of carbonyl (C=O) groups excluding carboxylic acids is 3. The predicted molar refractivity (Wildman–Crippen MR) is 177 cm³/mol. The van der Waals surface area contributed by atoms with E-state index < -0.39 is 11.5 Å². The molecule has 2 amide bonds. The third-order valence-corrected chi connectivity index (χ3v) is 9.70. The van der Waals surface area contributed by atoms with E-state index in [0.717, 1.165) is 22.4 Å². The Morgan fingerprint density at radius 3 is 2.53 bits per heavy atom. The lowest BCUT2D eigenvalue weighted by Crippen LogP contribution is -2.47. The number of likely N-dealkylation sites (tertiary alicyclic amines) is 1. The summed E-state index contributed by atoms with van der Waals surface area (Å²) < 4.78 is 7.96. The van der Waals surface area contributed by atoms with Gasteiger partial charge in [0.05, 0.1) is 16.6 Å². The quantitative estimate of drug-likeness (QED) is 0.163. The highest BCUT2D eigenvalue weighted by Gasteiger charge is 2.70. The largest absolute Gasteiger partial charge is 0.360 e. The maximum absolute atomic E-state index is 14.3. The fourth-order valence-electron chi connectivity index (χ4n) is 6.58. The Hall–Kier alpha value is -4.78. The van der Waals surface area contributed by atoms with E-state index in [1.54, 1.807) is 28.0 Å². The van der Waals surface area contributed by atoms with Crippen LogP contribution in [0.4, 0.5) is 5.82 Å². The molecule has 1 saturated carbocycles. The molecule has 5 aromatic rings. The van der Waals surface area contributed by atoms with Crippen molar-refractivity contribution in [1.29, 1.82) is 0 Å². The summed E-state index contributed by atoms with van der Waals surface area (Å²) >= 11 is 3.38. The summed E-state index contributed by atoms with van der Waals surface area (Å²) in [6.07, 6.45) is 4.50. The molecule has 0 unspecified atom stereocenters. The molecule has 47 heavy (non-hydrogen) atoms. The topological polar surface area (TPSA) is 149 Å². The van der Waals surface area contributed by atoms with Crippen molar-refractivity contribution in [3.63, 3.8) is 0 Å². The molecule has 13 heteroatoms. The number of piperidine rings is 1. The Kier molecular flexibility index (Phi) is 7.53. The number of benzene rings is 1. The number of pyridine rings is 1. The van der Waals surface area contributed by atoms with Crippen LogP contribution in [0.3, 0.4) is 0 Å². The minimum atomic E-state index is -0.781. The number of Topliss-reactive ketones (excluding diaryl/α,β-unsaturated/α-hetero) is 1. The van der Waals surface area contributed by atoms with Crippen molar-refractivity contribution in [3.05, 3.63) is 81.9 Å². The fourth-order valence-corrected chi connectivity index (χ4v) is 6.89. The Morgan fingerprint density at radius 2 is 1.83 bits per heavy atom. The molecule has 1 N–H and O–H groups in total. The first-order valence-electron chi connectivity index (χ1n) is 15.5. The number of fused-ring (bicyclic) bond motifs is 2. The van der Waals surface area contributed by atoms with Gasteiger partial charge in [0.2, 0.25) is 11.8 Å². The zero-order valence-electron chi connectivity index (χ0n) is 26.6. The number of ketones is 1. The Labute approximate surface area is 279 Å². The van der Waals surface area contributed by atoms with Gasteiger partial charge in [-0.2, -0.15) is 5.10 Å². The van der Waals surface area contributed by atoms with Crippen LogP contribution < -0.4 is 5.32 Å². The van der Waals surface area contributed by atoms with Gasteiger partial charge in [0, 0.05) is 42.4 Å². The number of halogens is 1. The lowest BCUT2D eigenvalue weighted by molar-refractivity contribution is -0.138. The van der Waals surface area contributed by atoms with Crippen LogP contribution in [0.5, 0.6) is 0 Å². The average Bonchev–Trinajstić information content (AvgIpc) is 3.36. The first-order chi connectivity index (χ1) is 22.4. The molecule has 240 valence electrons. The van der Waals surface area contributed by atoms with Gasteiger partial charge in [0.15, 0.2) is 5.78 Å². The van der Waals surface area contributed by atoms with E-state index in [2.05, 4.69) is 46.5 Å². The number of hydrogen-bond donors (Lipinski definition) is 1. The molecule has 4 aromatic heterocycles. The standard InChI is InChI=1S/C34H33BrN8O4/c1-17(2)24-11-28(47-41-24)34-12-26(33(46)39-32-18(3)6-9-29(35)38-32)43(27(34)13-34)30(45)16-42-25-8-7-21(22-14-36-20(5)37-15-22)10-23(25)31(40-42)19(4)44/h6-11,14-15,17,26-27H,12-13,16H2,1-5H3,(H,38,39,46)/t26-,27+,34+/m0/s1. The van der Waals surface area contributed by atoms with Gasteiger partial charge in [-0.25, -0.2) is 15.0 Å². The summed E-state index contributed by atoms with van der Waals surface area (Å²) in [5.74, 6) is 1.10. The van der Waals surface area contributed by atoms with Gasteiger partial charge in [0.25, 0.3) is 0 Å². The van der Waals surface area contributed by atoms with E-state index in [9.17, 15) is 14.4 Å². The molecule has 1 aliphatic heterocycles. The second kappa shape index (κ2) is 11.5. The number of amides is 2. The van der Waals surface area contributed by atoms with Crippen LogP contribution in [0.25, 0.3) is 22.0 Å². The molecule has 1 aromatic carbocycles. The van der Waals surface area contributed by atoms with Gasteiger partial charge in [-0.3, -0.25) is 19.1 Å². The molecule has 2 fully saturated rings. The smallest absolute Gasteiger partial charge is 0.248 e. The van der Waals surface area contributed by atoms with Crippen molar-refractivity contribution in [2.75, 3.05) is 5.32 Å². The SMILES string of the molecule is CC(=O)c1nn(CC(=O)N2[C@H](C(=O)Nc3nc(Br)ccc3C)C[C@@]3(c4cc(C(C)C)no4)C[C@@H]23)c2ccc(-c3cnc(C)nc3)cc12. The molecule has 0 radical (unpaired) electrons. The number of rotatable bonds is 8. The first-order valence-corrected chi connectivity index (χ1v) is 16.3. The summed E-state index contributed by atoms with van der Waals surface area (Å²) in [6.45, 7) is 9.05. The van der Waals surface area contributed by atoms with Gasteiger partial charge in [0.1, 0.15) is 40.3 Å². The zero-order chi connectivity index (χ0) is 33.2. The molecule has 0 spiro atoms. The highest BCUT2D eigenvalue weighted by molar-refractivity contribution is 9.10. The second-order valence-corrected chi connectivity index (χ2v) is 13.6. The van der Waals surface area contributed by atoms with Crippen LogP contribution in [-0.2, 0) is 21.5 Å². The Morgan fingerprint density at radius 1 is 1.06 bits per heavy atom. The summed E-state index contributed by atoms with van der Waals surface area (Å²) in [6, 6.07) is 10.2. The van der Waals surface area contributed by atoms with Crippen LogP contribution in [0.1, 0.15) is 72.9 Å². The molecular weight excluding hydrogens is 664 g/mol.